The first-order valence-electron chi connectivity index (χ1n) is 8.12. The Kier molecular flexibility index (Phi) is 6.61. The maximum Gasteiger partial charge on any atom is 0.263 e. The summed E-state index contributed by atoms with van der Waals surface area (Å²) in [5, 5.41) is 7.04. The number of nitrogens with one attached hydrogen (secondary N) is 2. The summed E-state index contributed by atoms with van der Waals surface area (Å²) >= 11 is 1.40. The van der Waals surface area contributed by atoms with Crippen LogP contribution in [-0.2, 0) is 6.42 Å². The number of hydrogen-bond acceptors (Lipinski definition) is 5. The van der Waals surface area contributed by atoms with Gasteiger partial charge >= 0.3 is 0 Å². The maximum atomic E-state index is 12.4. The fraction of sp³-hybridized carbons (Fsp3) is 0.444. The van der Waals surface area contributed by atoms with E-state index in [0.717, 1.165) is 35.1 Å². The van der Waals surface area contributed by atoms with E-state index in [-0.39, 0.29) is 5.91 Å². The van der Waals surface area contributed by atoms with Crippen LogP contribution in [0.25, 0.3) is 0 Å². The first-order valence-corrected chi connectivity index (χ1v) is 8.94. The second-order valence-electron chi connectivity index (χ2n) is 6.03. The normalized spacial score (nSPS) is 10.7. The number of hydrogen-bond donors (Lipinski definition) is 2. The Balaban J connectivity index is 1.90. The van der Waals surface area contributed by atoms with Gasteiger partial charge in [-0.05, 0) is 30.9 Å². The highest BCUT2D eigenvalue weighted by Gasteiger charge is 2.15. The summed E-state index contributed by atoms with van der Waals surface area (Å²) < 4.78 is 5.33. The topological polar surface area (TPSA) is 63.2 Å². The van der Waals surface area contributed by atoms with E-state index in [9.17, 15) is 4.79 Å². The van der Waals surface area contributed by atoms with Gasteiger partial charge in [-0.3, -0.25) is 4.79 Å². The fourth-order valence-corrected chi connectivity index (χ4v) is 3.16. The molecule has 2 rings (SSSR count). The Morgan fingerprint density at radius 2 is 2.08 bits per heavy atom. The first-order chi connectivity index (χ1) is 11.5. The van der Waals surface area contributed by atoms with Crippen LogP contribution in [-0.4, -0.2) is 31.1 Å². The maximum absolute atomic E-state index is 12.4. The third-order valence-electron chi connectivity index (χ3n) is 3.54. The average molecular weight is 347 g/mol. The monoisotopic (exact) mass is 347 g/mol. The second-order valence-corrected chi connectivity index (χ2v) is 7.03. The van der Waals surface area contributed by atoms with Gasteiger partial charge < -0.3 is 15.4 Å². The van der Waals surface area contributed by atoms with E-state index in [1.54, 1.807) is 7.11 Å². The number of aromatic nitrogens is 1. The van der Waals surface area contributed by atoms with Crippen LogP contribution in [0, 0.1) is 12.8 Å². The quantitative estimate of drug-likeness (QED) is 0.767. The minimum absolute atomic E-state index is 0.0718. The standard InChI is InChI=1S/C18H25N3O2S/c1-12(2)11-20-18-21-13(3)16(24-18)17(22)19-10-9-14-7-5-6-8-15(14)23-4/h5-8,12H,9-11H2,1-4H3,(H,19,22)(H,20,21). The number of nitrogens with zero attached hydrogens (tertiary/aromatic N) is 1. The molecular weight excluding hydrogens is 322 g/mol. The highest BCUT2D eigenvalue weighted by molar-refractivity contribution is 7.17. The van der Waals surface area contributed by atoms with Crippen molar-refractivity contribution in [3.8, 4) is 5.75 Å². The molecule has 0 radical (unpaired) electrons. The lowest BCUT2D eigenvalue weighted by Gasteiger charge is -2.08. The average Bonchev–Trinajstić information content (AvgIpc) is 2.94. The Hall–Kier alpha value is -2.08. The molecule has 1 amide bonds. The summed E-state index contributed by atoms with van der Waals surface area (Å²) in [5.74, 6) is 1.31. The van der Waals surface area contributed by atoms with Crippen LogP contribution < -0.4 is 15.4 Å². The number of carbonyl (C=O) groups is 1. The van der Waals surface area contributed by atoms with Gasteiger partial charge in [0.05, 0.1) is 12.8 Å². The summed E-state index contributed by atoms with van der Waals surface area (Å²) in [6.45, 7) is 7.55. The van der Waals surface area contributed by atoms with E-state index in [0.29, 0.717) is 17.3 Å². The van der Waals surface area contributed by atoms with E-state index in [4.69, 9.17) is 4.74 Å². The molecule has 5 nitrogen and oxygen atoms in total. The zero-order valence-electron chi connectivity index (χ0n) is 14.7. The number of ether oxygens (including phenoxy) is 1. The van der Waals surface area contributed by atoms with Crippen molar-refractivity contribution < 1.29 is 9.53 Å². The number of aryl methyl sites for hydroxylation is 1. The molecule has 6 heteroatoms. The molecule has 0 saturated carbocycles. The number of rotatable bonds is 8. The molecule has 24 heavy (non-hydrogen) atoms. The minimum Gasteiger partial charge on any atom is -0.496 e. The van der Waals surface area contributed by atoms with Gasteiger partial charge in [0.2, 0.25) is 0 Å². The van der Waals surface area contributed by atoms with Crippen LogP contribution in [0.3, 0.4) is 0 Å². The summed E-state index contributed by atoms with van der Waals surface area (Å²) in [4.78, 5) is 17.5. The molecule has 0 aliphatic rings. The van der Waals surface area contributed by atoms with E-state index in [1.807, 2.05) is 31.2 Å². The summed E-state index contributed by atoms with van der Waals surface area (Å²) in [5.41, 5.74) is 1.85. The largest absolute Gasteiger partial charge is 0.496 e. The summed E-state index contributed by atoms with van der Waals surface area (Å²) in [6.07, 6.45) is 0.728. The van der Waals surface area contributed by atoms with E-state index < -0.39 is 0 Å². The second kappa shape index (κ2) is 8.68. The number of amides is 1. The van der Waals surface area contributed by atoms with Crippen LogP contribution in [0.5, 0.6) is 5.75 Å². The van der Waals surface area contributed by atoms with Crippen molar-refractivity contribution in [1.82, 2.24) is 10.3 Å². The van der Waals surface area contributed by atoms with Gasteiger partial charge in [-0.2, -0.15) is 0 Å². The molecule has 130 valence electrons. The molecule has 0 aliphatic carbocycles. The SMILES string of the molecule is COc1ccccc1CCNC(=O)c1sc(NCC(C)C)nc1C. The lowest BCUT2D eigenvalue weighted by Crippen LogP contribution is -2.25. The highest BCUT2D eigenvalue weighted by Crippen LogP contribution is 2.23. The van der Waals surface area contributed by atoms with Crippen LogP contribution >= 0.6 is 11.3 Å². The van der Waals surface area contributed by atoms with Gasteiger partial charge in [0, 0.05) is 13.1 Å². The zero-order valence-corrected chi connectivity index (χ0v) is 15.5. The third-order valence-corrected chi connectivity index (χ3v) is 4.65. The Morgan fingerprint density at radius 1 is 1.33 bits per heavy atom. The van der Waals surface area contributed by atoms with Gasteiger partial charge in [-0.15, -0.1) is 0 Å². The van der Waals surface area contributed by atoms with Gasteiger partial charge in [0.15, 0.2) is 5.13 Å². The number of benzene rings is 1. The van der Waals surface area contributed by atoms with Crippen molar-refractivity contribution in [2.24, 2.45) is 5.92 Å². The molecule has 0 aliphatic heterocycles. The molecule has 0 bridgehead atoms. The Bertz CT molecular complexity index is 683. The lowest BCUT2D eigenvalue weighted by atomic mass is 10.1. The number of anilines is 1. The van der Waals surface area contributed by atoms with Gasteiger partial charge in [-0.25, -0.2) is 4.98 Å². The van der Waals surface area contributed by atoms with E-state index in [2.05, 4.69) is 29.5 Å². The van der Waals surface area contributed by atoms with E-state index >= 15 is 0 Å². The predicted molar refractivity (Wildman–Crippen MR) is 99.2 cm³/mol. The molecule has 0 spiro atoms. The fourth-order valence-electron chi connectivity index (χ4n) is 2.27. The van der Waals surface area contributed by atoms with Crippen molar-refractivity contribution >= 4 is 22.4 Å². The van der Waals surface area contributed by atoms with Crippen LogP contribution in [0.4, 0.5) is 5.13 Å². The van der Waals surface area contributed by atoms with Gasteiger partial charge in [-0.1, -0.05) is 43.4 Å². The molecule has 1 heterocycles. The van der Waals surface area contributed by atoms with Crippen molar-refractivity contribution in [1.29, 1.82) is 0 Å². The van der Waals surface area contributed by atoms with E-state index in [1.165, 1.54) is 11.3 Å². The molecule has 2 aromatic rings. The van der Waals surface area contributed by atoms with Crippen LogP contribution in [0.1, 0.15) is 34.8 Å². The summed E-state index contributed by atoms with van der Waals surface area (Å²) in [6, 6.07) is 7.85. The lowest BCUT2D eigenvalue weighted by molar-refractivity contribution is 0.0957. The molecule has 2 N–H and O–H groups in total. The predicted octanol–water partition coefficient (Wildman–Crippen LogP) is 3.50. The smallest absolute Gasteiger partial charge is 0.263 e. The van der Waals surface area contributed by atoms with Crippen LogP contribution in [0.2, 0.25) is 0 Å². The summed E-state index contributed by atoms with van der Waals surface area (Å²) in [7, 11) is 1.66. The van der Waals surface area contributed by atoms with Crippen LogP contribution in [0.15, 0.2) is 24.3 Å². The zero-order chi connectivity index (χ0) is 17.5. The van der Waals surface area contributed by atoms with Crippen molar-refractivity contribution in [3.05, 3.63) is 40.4 Å². The Morgan fingerprint density at radius 3 is 2.79 bits per heavy atom. The molecular formula is C18H25N3O2S. The van der Waals surface area contributed by atoms with Crippen molar-refractivity contribution in [2.75, 3.05) is 25.5 Å². The van der Waals surface area contributed by atoms with Crippen molar-refractivity contribution in [2.45, 2.75) is 27.2 Å². The molecule has 1 aromatic carbocycles. The number of carbonyl (C=O) groups excluding carboxylic acids is 1. The first kappa shape index (κ1) is 18.3. The molecule has 0 unspecified atom stereocenters. The van der Waals surface area contributed by atoms with Gasteiger partial charge in [0.1, 0.15) is 10.6 Å². The number of methoxy groups -OCH3 is 1. The molecule has 1 aromatic heterocycles. The van der Waals surface area contributed by atoms with Gasteiger partial charge in [0.25, 0.3) is 5.91 Å². The minimum atomic E-state index is -0.0718. The third kappa shape index (κ3) is 4.96. The number of thiazole rings is 1. The van der Waals surface area contributed by atoms with Crippen molar-refractivity contribution in [3.63, 3.8) is 0 Å². The Labute approximate surface area is 147 Å². The number of para-hydroxylation sites is 1. The molecule has 0 fully saturated rings. The highest BCUT2D eigenvalue weighted by atomic mass is 32.1. The molecule has 0 saturated heterocycles. The molecule has 0 atom stereocenters.